The number of esters is 1. The number of rotatable bonds is 4. The number of carbonyl (C=O) groups is 2. The Labute approximate surface area is 145 Å². The van der Waals surface area contributed by atoms with Crippen LogP contribution in [0.4, 0.5) is 18.9 Å². The number of hydrogen-bond donors (Lipinski definition) is 1. The van der Waals surface area contributed by atoms with E-state index in [9.17, 15) is 22.8 Å². The molecule has 5 nitrogen and oxygen atoms in total. The number of ether oxygens (including phenoxy) is 1. The minimum absolute atomic E-state index is 0.0750. The van der Waals surface area contributed by atoms with Gasteiger partial charge in [0.2, 0.25) is 0 Å². The maximum atomic E-state index is 12.7. The van der Waals surface area contributed by atoms with Crippen molar-refractivity contribution in [1.29, 1.82) is 0 Å². The topological polar surface area (TPSA) is 68.5 Å². The van der Waals surface area contributed by atoms with Crippen molar-refractivity contribution in [3.05, 3.63) is 51.9 Å². The molecule has 1 N–H and O–H groups in total. The van der Waals surface area contributed by atoms with Gasteiger partial charge >= 0.3 is 12.1 Å². The number of benzene rings is 1. The second-order valence-corrected chi connectivity index (χ2v) is 5.55. The van der Waals surface area contributed by atoms with Crippen LogP contribution in [-0.4, -0.2) is 18.5 Å². The highest BCUT2D eigenvalue weighted by Gasteiger charge is 2.31. The Morgan fingerprint density at radius 1 is 1.24 bits per heavy atom. The Morgan fingerprint density at radius 2 is 1.92 bits per heavy atom. The lowest BCUT2D eigenvalue weighted by molar-refractivity contribution is -0.137. The second kappa shape index (κ2) is 7.18. The van der Waals surface area contributed by atoms with Crippen LogP contribution in [0.1, 0.15) is 27.4 Å². The molecule has 1 heterocycles. The molecular formula is C16H13ClF3NO4. The molecular weight excluding hydrogens is 363 g/mol. The lowest BCUT2D eigenvalue weighted by Gasteiger charge is -2.11. The first-order valence-electron chi connectivity index (χ1n) is 6.98. The Kier molecular flexibility index (Phi) is 5.42. The SMILES string of the molecule is Cc1cc(C(=O)OCC(=O)Nc2cc(C(F)(F)F)ccc2Cl)c(C)o1. The smallest absolute Gasteiger partial charge is 0.416 e. The number of amides is 1. The average molecular weight is 376 g/mol. The molecule has 0 saturated heterocycles. The van der Waals surface area contributed by atoms with Gasteiger partial charge in [-0.05, 0) is 38.1 Å². The van der Waals surface area contributed by atoms with Crippen LogP contribution in [0.3, 0.4) is 0 Å². The van der Waals surface area contributed by atoms with Crippen LogP contribution in [0.2, 0.25) is 5.02 Å². The zero-order chi connectivity index (χ0) is 18.8. The summed E-state index contributed by atoms with van der Waals surface area (Å²) in [6.45, 7) is 2.52. The summed E-state index contributed by atoms with van der Waals surface area (Å²) in [5, 5.41) is 2.10. The summed E-state index contributed by atoms with van der Waals surface area (Å²) in [4.78, 5) is 23.7. The standard InChI is InChI=1S/C16H13ClF3NO4/c1-8-5-11(9(2)25-8)15(23)24-7-14(22)21-13-6-10(16(18,19)20)3-4-12(13)17/h3-6H,7H2,1-2H3,(H,21,22). The zero-order valence-electron chi connectivity index (χ0n) is 13.2. The fourth-order valence-corrected chi connectivity index (χ4v) is 2.19. The van der Waals surface area contributed by atoms with Gasteiger partial charge in [-0.2, -0.15) is 13.2 Å². The highest BCUT2D eigenvalue weighted by Crippen LogP contribution is 2.33. The molecule has 0 saturated carbocycles. The first kappa shape index (κ1) is 18.9. The van der Waals surface area contributed by atoms with Crippen molar-refractivity contribution in [3.8, 4) is 0 Å². The third-order valence-electron chi connectivity index (χ3n) is 3.16. The number of halogens is 4. The van der Waals surface area contributed by atoms with E-state index in [-0.39, 0.29) is 16.3 Å². The molecule has 9 heteroatoms. The molecule has 0 aliphatic heterocycles. The molecule has 25 heavy (non-hydrogen) atoms. The molecule has 0 spiro atoms. The number of aryl methyl sites for hydroxylation is 2. The molecule has 0 unspecified atom stereocenters. The van der Waals surface area contributed by atoms with Gasteiger partial charge in [-0.1, -0.05) is 11.6 Å². The molecule has 0 aliphatic rings. The summed E-state index contributed by atoms with van der Waals surface area (Å²) in [7, 11) is 0. The van der Waals surface area contributed by atoms with Crippen LogP contribution in [-0.2, 0) is 15.7 Å². The lowest BCUT2D eigenvalue weighted by Crippen LogP contribution is -2.21. The third-order valence-corrected chi connectivity index (χ3v) is 3.49. The summed E-state index contributed by atoms with van der Waals surface area (Å²) in [5.74, 6) is -0.763. The van der Waals surface area contributed by atoms with Crippen molar-refractivity contribution < 1.29 is 31.9 Å². The molecule has 134 valence electrons. The van der Waals surface area contributed by atoms with Crippen LogP contribution in [0.15, 0.2) is 28.7 Å². The highest BCUT2D eigenvalue weighted by molar-refractivity contribution is 6.33. The fourth-order valence-electron chi connectivity index (χ4n) is 2.03. The second-order valence-electron chi connectivity index (χ2n) is 5.14. The van der Waals surface area contributed by atoms with E-state index in [1.54, 1.807) is 13.8 Å². The van der Waals surface area contributed by atoms with Gasteiger partial charge in [-0.3, -0.25) is 4.79 Å². The predicted octanol–water partition coefficient (Wildman–Crippen LogP) is 4.36. The normalized spacial score (nSPS) is 11.3. The summed E-state index contributed by atoms with van der Waals surface area (Å²) in [5.41, 5.74) is -1.02. The van der Waals surface area contributed by atoms with Crippen molar-refractivity contribution in [2.75, 3.05) is 11.9 Å². The van der Waals surface area contributed by atoms with E-state index in [0.717, 1.165) is 12.1 Å². The zero-order valence-corrected chi connectivity index (χ0v) is 13.9. The maximum absolute atomic E-state index is 12.7. The Balaban J connectivity index is 2.01. The van der Waals surface area contributed by atoms with Gasteiger partial charge in [0.15, 0.2) is 6.61 Å². The molecule has 1 amide bonds. The van der Waals surface area contributed by atoms with Gasteiger partial charge in [-0.25, -0.2) is 4.79 Å². The monoisotopic (exact) mass is 375 g/mol. The number of nitrogens with one attached hydrogen (secondary N) is 1. The Morgan fingerprint density at radius 3 is 2.48 bits per heavy atom. The average Bonchev–Trinajstić information content (AvgIpc) is 2.84. The molecule has 2 rings (SSSR count). The van der Waals surface area contributed by atoms with Crippen molar-refractivity contribution in [2.45, 2.75) is 20.0 Å². The van der Waals surface area contributed by atoms with Gasteiger partial charge in [-0.15, -0.1) is 0 Å². The van der Waals surface area contributed by atoms with Crippen LogP contribution in [0.5, 0.6) is 0 Å². The molecule has 0 radical (unpaired) electrons. The van der Waals surface area contributed by atoms with E-state index < -0.39 is 30.2 Å². The number of alkyl halides is 3. The summed E-state index contributed by atoms with van der Waals surface area (Å²) in [6.07, 6.45) is -4.58. The van der Waals surface area contributed by atoms with Crippen molar-refractivity contribution >= 4 is 29.2 Å². The molecule has 0 atom stereocenters. The van der Waals surface area contributed by atoms with Gasteiger partial charge in [0.1, 0.15) is 17.1 Å². The number of carbonyl (C=O) groups excluding carboxylic acids is 2. The Bertz CT molecular complexity index is 814. The predicted molar refractivity (Wildman–Crippen MR) is 83.5 cm³/mol. The maximum Gasteiger partial charge on any atom is 0.416 e. The summed E-state index contributed by atoms with van der Waals surface area (Å²) in [6, 6.07) is 3.97. The highest BCUT2D eigenvalue weighted by atomic mass is 35.5. The van der Waals surface area contributed by atoms with Crippen LogP contribution >= 0.6 is 11.6 Å². The molecule has 2 aromatic rings. The van der Waals surface area contributed by atoms with E-state index in [4.69, 9.17) is 20.8 Å². The summed E-state index contributed by atoms with van der Waals surface area (Å²) < 4.78 is 48.0. The van der Waals surface area contributed by atoms with E-state index in [1.807, 2.05) is 0 Å². The molecule has 1 aromatic carbocycles. The Hall–Kier alpha value is -2.48. The first-order valence-corrected chi connectivity index (χ1v) is 7.36. The molecule has 0 aliphatic carbocycles. The van der Waals surface area contributed by atoms with Crippen LogP contribution in [0.25, 0.3) is 0 Å². The van der Waals surface area contributed by atoms with Crippen LogP contribution < -0.4 is 5.32 Å². The minimum atomic E-state index is -4.58. The molecule has 1 aromatic heterocycles. The number of anilines is 1. The first-order chi connectivity index (χ1) is 11.6. The quantitative estimate of drug-likeness (QED) is 0.806. The lowest BCUT2D eigenvalue weighted by atomic mass is 10.2. The van der Waals surface area contributed by atoms with Crippen molar-refractivity contribution in [2.24, 2.45) is 0 Å². The van der Waals surface area contributed by atoms with Crippen LogP contribution in [0, 0.1) is 13.8 Å². The van der Waals surface area contributed by atoms with Crippen molar-refractivity contribution in [3.63, 3.8) is 0 Å². The van der Waals surface area contributed by atoms with E-state index in [1.165, 1.54) is 6.07 Å². The van der Waals surface area contributed by atoms with Gasteiger partial charge < -0.3 is 14.5 Å². The van der Waals surface area contributed by atoms with Gasteiger partial charge in [0.25, 0.3) is 5.91 Å². The number of furan rings is 1. The third kappa shape index (κ3) is 4.76. The van der Waals surface area contributed by atoms with Gasteiger partial charge in [0, 0.05) is 0 Å². The largest absolute Gasteiger partial charge is 0.466 e. The number of hydrogen-bond acceptors (Lipinski definition) is 4. The van der Waals surface area contributed by atoms with E-state index in [2.05, 4.69) is 5.32 Å². The minimum Gasteiger partial charge on any atom is -0.466 e. The van der Waals surface area contributed by atoms with Crippen molar-refractivity contribution in [1.82, 2.24) is 0 Å². The van der Waals surface area contributed by atoms with E-state index in [0.29, 0.717) is 17.6 Å². The molecule has 0 bridgehead atoms. The molecule has 0 fully saturated rings. The summed E-state index contributed by atoms with van der Waals surface area (Å²) >= 11 is 5.77. The fraction of sp³-hybridized carbons (Fsp3) is 0.250. The van der Waals surface area contributed by atoms with E-state index >= 15 is 0 Å². The van der Waals surface area contributed by atoms with Gasteiger partial charge in [0.05, 0.1) is 16.3 Å².